The number of nitrogens with one attached hydrogen (secondary N) is 2. The molecule has 0 aliphatic rings. The molecule has 2 N–H and O–H groups in total. The molecule has 0 saturated carbocycles. The molecule has 0 bridgehead atoms. The van der Waals surface area contributed by atoms with Crippen molar-refractivity contribution in [3.63, 3.8) is 0 Å². The fraction of sp³-hybridized carbons (Fsp3) is 0.364. The van der Waals surface area contributed by atoms with Gasteiger partial charge in [-0.2, -0.15) is 0 Å². The van der Waals surface area contributed by atoms with Crippen molar-refractivity contribution in [3.05, 3.63) is 36.7 Å². The van der Waals surface area contributed by atoms with Crippen LogP contribution in [0.15, 0.2) is 36.1 Å². The fourth-order valence-electron chi connectivity index (χ4n) is 1.24. The molecule has 16 heavy (non-hydrogen) atoms. The third kappa shape index (κ3) is 5.20. The highest BCUT2D eigenvalue weighted by Crippen LogP contribution is 1.97. The van der Waals surface area contributed by atoms with E-state index in [2.05, 4.69) is 34.5 Å². The smallest absolute Gasteiger partial charge is 0.191 e. The zero-order chi connectivity index (χ0) is 11.1. The van der Waals surface area contributed by atoms with E-state index in [1.807, 2.05) is 17.8 Å². The third-order valence-electron chi connectivity index (χ3n) is 1.99. The monoisotopic (exact) mass is 334 g/mol. The van der Waals surface area contributed by atoms with Gasteiger partial charge in [-0.05, 0) is 11.6 Å². The van der Waals surface area contributed by atoms with Gasteiger partial charge >= 0.3 is 0 Å². The lowest BCUT2D eigenvalue weighted by atomic mass is 10.3. The average molecular weight is 334 g/mol. The van der Waals surface area contributed by atoms with Crippen molar-refractivity contribution in [3.8, 4) is 0 Å². The lowest BCUT2D eigenvalue weighted by molar-refractivity contribution is 0.839. The van der Waals surface area contributed by atoms with Gasteiger partial charge in [-0.3, -0.25) is 4.99 Å². The van der Waals surface area contributed by atoms with E-state index in [0.717, 1.165) is 12.5 Å². The number of hydrogen-bond donors (Lipinski definition) is 2. The number of aromatic nitrogens is 1. The first-order valence-corrected chi connectivity index (χ1v) is 4.92. The van der Waals surface area contributed by atoms with Crippen LogP contribution in [-0.2, 0) is 13.6 Å². The first kappa shape index (κ1) is 15.0. The summed E-state index contributed by atoms with van der Waals surface area (Å²) in [5.74, 6) is 0.791. The Balaban J connectivity index is 0.00000225. The van der Waals surface area contributed by atoms with Crippen LogP contribution in [0.2, 0.25) is 0 Å². The Hall–Kier alpha value is -0.980. The molecule has 0 fully saturated rings. The lowest BCUT2D eigenvalue weighted by Gasteiger charge is -2.09. The molecule has 0 saturated heterocycles. The van der Waals surface area contributed by atoms with Crippen LogP contribution in [0.3, 0.4) is 0 Å². The largest absolute Gasteiger partial charge is 0.357 e. The highest BCUT2D eigenvalue weighted by atomic mass is 127. The van der Waals surface area contributed by atoms with Gasteiger partial charge in [0.2, 0.25) is 0 Å². The zero-order valence-corrected chi connectivity index (χ0v) is 12.1. The molecule has 0 unspecified atom stereocenters. The van der Waals surface area contributed by atoms with Crippen molar-refractivity contribution in [2.24, 2.45) is 12.0 Å². The van der Waals surface area contributed by atoms with E-state index in [9.17, 15) is 0 Å². The van der Waals surface area contributed by atoms with E-state index in [0.29, 0.717) is 6.54 Å². The van der Waals surface area contributed by atoms with Crippen LogP contribution in [0, 0.1) is 0 Å². The molecule has 0 atom stereocenters. The zero-order valence-electron chi connectivity index (χ0n) is 9.73. The summed E-state index contributed by atoms with van der Waals surface area (Å²) in [7, 11) is 3.76. The van der Waals surface area contributed by atoms with E-state index in [1.54, 1.807) is 13.1 Å². The molecule has 90 valence electrons. The maximum absolute atomic E-state index is 4.09. The summed E-state index contributed by atoms with van der Waals surface area (Å²) in [6, 6.07) is 2.08. The number of guanidine groups is 1. The summed E-state index contributed by atoms with van der Waals surface area (Å²) < 4.78 is 2.02. The molecule has 1 aromatic rings. The van der Waals surface area contributed by atoms with Crippen molar-refractivity contribution in [1.82, 2.24) is 15.2 Å². The van der Waals surface area contributed by atoms with Gasteiger partial charge in [0.25, 0.3) is 0 Å². The van der Waals surface area contributed by atoms with Crippen LogP contribution in [0.25, 0.3) is 0 Å². The number of hydrogen-bond acceptors (Lipinski definition) is 1. The first-order chi connectivity index (χ1) is 7.26. The molecule has 0 aliphatic carbocycles. The number of nitrogens with zero attached hydrogens (tertiary/aromatic N) is 2. The van der Waals surface area contributed by atoms with Crippen molar-refractivity contribution in [2.45, 2.75) is 6.54 Å². The molecule has 5 heteroatoms. The summed E-state index contributed by atoms with van der Waals surface area (Å²) in [5.41, 5.74) is 1.24. The van der Waals surface area contributed by atoms with E-state index in [1.165, 1.54) is 5.56 Å². The number of aliphatic imine (C=N–C) groups is 1. The molecule has 0 radical (unpaired) electrons. The standard InChI is InChI=1S/C11H18N4.HI/c1-4-6-13-11(12-2)14-8-10-5-7-15(3)9-10;/h4-5,7,9H,1,6,8H2,2-3H3,(H2,12,13,14);1H. The van der Waals surface area contributed by atoms with Gasteiger partial charge in [-0.1, -0.05) is 6.08 Å². The van der Waals surface area contributed by atoms with Crippen molar-refractivity contribution >= 4 is 29.9 Å². The number of rotatable bonds is 4. The molecule has 0 aromatic carbocycles. The predicted octanol–water partition coefficient (Wildman–Crippen LogP) is 1.49. The van der Waals surface area contributed by atoms with Crippen molar-refractivity contribution < 1.29 is 0 Å². The molecule has 0 spiro atoms. The van der Waals surface area contributed by atoms with Crippen molar-refractivity contribution in [1.29, 1.82) is 0 Å². The third-order valence-corrected chi connectivity index (χ3v) is 1.99. The minimum absolute atomic E-state index is 0. The topological polar surface area (TPSA) is 41.4 Å². The van der Waals surface area contributed by atoms with Crippen LogP contribution >= 0.6 is 24.0 Å². The second kappa shape index (κ2) is 8.20. The van der Waals surface area contributed by atoms with Gasteiger partial charge in [0.15, 0.2) is 5.96 Å². The quantitative estimate of drug-likeness (QED) is 0.379. The van der Waals surface area contributed by atoms with Crippen LogP contribution in [-0.4, -0.2) is 24.1 Å². The molecular formula is C11H19IN4. The number of halogens is 1. The SMILES string of the molecule is C=CCNC(=NC)NCc1ccn(C)c1.I. The van der Waals surface area contributed by atoms with Crippen molar-refractivity contribution in [2.75, 3.05) is 13.6 Å². The second-order valence-electron chi connectivity index (χ2n) is 3.28. The van der Waals surface area contributed by atoms with Gasteiger partial charge in [-0.15, -0.1) is 30.6 Å². The Kier molecular flexibility index (Phi) is 7.70. The van der Waals surface area contributed by atoms with Gasteiger partial charge < -0.3 is 15.2 Å². The lowest BCUT2D eigenvalue weighted by Crippen LogP contribution is -2.36. The Labute approximate surface area is 114 Å². The minimum atomic E-state index is 0. The van der Waals surface area contributed by atoms with Crippen LogP contribution in [0.5, 0.6) is 0 Å². The molecule has 0 aliphatic heterocycles. The van der Waals surface area contributed by atoms with E-state index >= 15 is 0 Å². The molecule has 1 heterocycles. The van der Waals surface area contributed by atoms with Gasteiger partial charge in [0.05, 0.1) is 0 Å². The van der Waals surface area contributed by atoms with Crippen LogP contribution in [0.1, 0.15) is 5.56 Å². The minimum Gasteiger partial charge on any atom is -0.357 e. The molecular weight excluding hydrogens is 315 g/mol. The summed E-state index contributed by atoms with van der Waals surface area (Å²) >= 11 is 0. The summed E-state index contributed by atoms with van der Waals surface area (Å²) in [4.78, 5) is 4.09. The average Bonchev–Trinajstić information content (AvgIpc) is 2.65. The summed E-state index contributed by atoms with van der Waals surface area (Å²) in [5, 5.41) is 6.32. The van der Waals surface area contributed by atoms with Gasteiger partial charge in [0, 0.05) is 39.6 Å². The van der Waals surface area contributed by atoms with E-state index in [4.69, 9.17) is 0 Å². The highest BCUT2D eigenvalue weighted by molar-refractivity contribution is 14.0. The second-order valence-corrected chi connectivity index (χ2v) is 3.28. The number of aryl methyl sites for hydroxylation is 1. The van der Waals surface area contributed by atoms with Crippen LogP contribution < -0.4 is 10.6 Å². The highest BCUT2D eigenvalue weighted by Gasteiger charge is 1.97. The predicted molar refractivity (Wildman–Crippen MR) is 79.2 cm³/mol. The molecule has 4 nitrogen and oxygen atoms in total. The van der Waals surface area contributed by atoms with Gasteiger partial charge in [-0.25, -0.2) is 0 Å². The van der Waals surface area contributed by atoms with Crippen LogP contribution in [0.4, 0.5) is 0 Å². The van der Waals surface area contributed by atoms with Gasteiger partial charge in [0.1, 0.15) is 0 Å². The van der Waals surface area contributed by atoms with E-state index in [-0.39, 0.29) is 24.0 Å². The summed E-state index contributed by atoms with van der Waals surface area (Å²) in [6.45, 7) is 5.13. The fourth-order valence-corrected chi connectivity index (χ4v) is 1.24. The van der Waals surface area contributed by atoms with E-state index < -0.39 is 0 Å². The maximum Gasteiger partial charge on any atom is 0.191 e. The molecule has 1 aromatic heterocycles. The molecule has 0 amide bonds. The maximum atomic E-state index is 4.09. The Morgan fingerprint density at radius 3 is 2.81 bits per heavy atom. The normalized spacial score (nSPS) is 10.5. The Bertz CT molecular complexity index is 344. The Morgan fingerprint density at radius 1 is 1.56 bits per heavy atom. The Morgan fingerprint density at radius 2 is 2.31 bits per heavy atom. The molecule has 1 rings (SSSR count). The first-order valence-electron chi connectivity index (χ1n) is 4.92. The summed E-state index contributed by atoms with van der Waals surface area (Å²) in [6.07, 6.45) is 5.90.